The summed E-state index contributed by atoms with van der Waals surface area (Å²) in [4.78, 5) is 37.0. The lowest BCUT2D eigenvalue weighted by Crippen LogP contribution is -2.13. The van der Waals surface area contributed by atoms with Crippen molar-refractivity contribution in [1.82, 2.24) is 0 Å². The van der Waals surface area contributed by atoms with E-state index in [-0.39, 0.29) is 23.3 Å². The van der Waals surface area contributed by atoms with E-state index >= 15 is 0 Å². The SMILES string of the molecule is C=COC(=O)CCCCCOc1ccc(-c2ccc3cc(SC(=O)c4ccc(OC(=O)C(=C)COC)cc4)ccc3c2)cc1. The van der Waals surface area contributed by atoms with Gasteiger partial charge in [0.1, 0.15) is 11.5 Å². The highest BCUT2D eigenvalue weighted by molar-refractivity contribution is 8.14. The summed E-state index contributed by atoms with van der Waals surface area (Å²) in [7, 11) is 1.47. The van der Waals surface area contributed by atoms with Crippen molar-refractivity contribution in [2.45, 2.75) is 30.6 Å². The van der Waals surface area contributed by atoms with Gasteiger partial charge in [0, 0.05) is 24.0 Å². The second-order valence-corrected chi connectivity index (χ2v) is 11.0. The zero-order valence-corrected chi connectivity index (χ0v) is 25.4. The minimum absolute atomic E-state index is 0.0868. The van der Waals surface area contributed by atoms with Gasteiger partial charge in [0.2, 0.25) is 5.12 Å². The number of hydrogen-bond donors (Lipinski definition) is 0. The number of thioether (sulfide) groups is 1. The molecule has 4 aromatic carbocycles. The molecule has 7 nitrogen and oxygen atoms in total. The van der Waals surface area contributed by atoms with E-state index in [0.29, 0.717) is 24.3 Å². The molecule has 0 radical (unpaired) electrons. The van der Waals surface area contributed by atoms with E-state index < -0.39 is 5.97 Å². The maximum atomic E-state index is 12.9. The quantitative estimate of drug-likeness (QED) is 0.0333. The van der Waals surface area contributed by atoms with Gasteiger partial charge in [-0.1, -0.05) is 43.5 Å². The molecule has 0 atom stereocenters. The minimum Gasteiger partial charge on any atom is -0.494 e. The van der Waals surface area contributed by atoms with Crippen LogP contribution >= 0.6 is 11.8 Å². The van der Waals surface area contributed by atoms with Gasteiger partial charge in [0.05, 0.1) is 25.0 Å². The zero-order valence-electron chi connectivity index (χ0n) is 24.6. The van der Waals surface area contributed by atoms with Crippen molar-refractivity contribution in [2.75, 3.05) is 20.3 Å². The van der Waals surface area contributed by atoms with Crippen molar-refractivity contribution in [2.24, 2.45) is 0 Å². The van der Waals surface area contributed by atoms with Crippen molar-refractivity contribution in [1.29, 1.82) is 0 Å². The zero-order chi connectivity index (χ0) is 31.3. The van der Waals surface area contributed by atoms with Crippen molar-refractivity contribution >= 4 is 39.6 Å². The van der Waals surface area contributed by atoms with Gasteiger partial charge < -0.3 is 18.9 Å². The third kappa shape index (κ3) is 9.42. The topological polar surface area (TPSA) is 88.1 Å². The molecule has 0 bridgehead atoms. The van der Waals surface area contributed by atoms with E-state index in [1.807, 2.05) is 42.5 Å². The Kier molecular flexibility index (Phi) is 11.9. The maximum Gasteiger partial charge on any atom is 0.341 e. The molecule has 0 spiro atoms. The highest BCUT2D eigenvalue weighted by Crippen LogP contribution is 2.31. The molecule has 0 aromatic heterocycles. The fraction of sp³-hybridized carbons (Fsp3) is 0.194. The summed E-state index contributed by atoms with van der Waals surface area (Å²) in [6, 6.07) is 26.6. The highest BCUT2D eigenvalue weighted by atomic mass is 32.2. The number of hydrogen-bond acceptors (Lipinski definition) is 8. The first kappa shape index (κ1) is 32.3. The molecular weight excluding hydrogens is 576 g/mol. The Morgan fingerprint density at radius 2 is 1.48 bits per heavy atom. The van der Waals surface area contributed by atoms with Crippen LogP contribution in [0.5, 0.6) is 11.5 Å². The van der Waals surface area contributed by atoms with Crippen LogP contribution in [0.25, 0.3) is 21.9 Å². The summed E-state index contributed by atoms with van der Waals surface area (Å²) >= 11 is 1.14. The lowest BCUT2D eigenvalue weighted by Gasteiger charge is -2.09. The van der Waals surface area contributed by atoms with Crippen molar-refractivity contribution in [3.63, 3.8) is 0 Å². The second kappa shape index (κ2) is 16.3. The van der Waals surface area contributed by atoms with Crippen LogP contribution in [-0.2, 0) is 19.1 Å². The summed E-state index contributed by atoms with van der Waals surface area (Å²) in [5, 5.41) is 1.99. The lowest BCUT2D eigenvalue weighted by atomic mass is 10.0. The summed E-state index contributed by atoms with van der Waals surface area (Å²) in [5.41, 5.74) is 2.86. The van der Waals surface area contributed by atoms with E-state index in [1.54, 1.807) is 24.3 Å². The van der Waals surface area contributed by atoms with Gasteiger partial charge in [-0.2, -0.15) is 0 Å². The number of methoxy groups -OCH3 is 1. The predicted octanol–water partition coefficient (Wildman–Crippen LogP) is 8.17. The van der Waals surface area contributed by atoms with Gasteiger partial charge >= 0.3 is 11.9 Å². The Bertz CT molecular complexity index is 1630. The fourth-order valence-electron chi connectivity index (χ4n) is 4.34. The molecule has 4 rings (SSSR count). The van der Waals surface area contributed by atoms with Crippen molar-refractivity contribution in [3.05, 3.63) is 115 Å². The molecule has 0 saturated heterocycles. The van der Waals surface area contributed by atoms with Crippen LogP contribution in [0.15, 0.2) is 115 Å². The molecule has 226 valence electrons. The minimum atomic E-state index is -0.574. The Morgan fingerprint density at radius 3 is 2.20 bits per heavy atom. The monoisotopic (exact) mass is 610 g/mol. The molecule has 0 saturated carbocycles. The predicted molar refractivity (Wildman–Crippen MR) is 173 cm³/mol. The Balaban J connectivity index is 1.29. The molecule has 0 aliphatic carbocycles. The molecule has 0 fully saturated rings. The Labute approximate surface area is 261 Å². The largest absolute Gasteiger partial charge is 0.494 e. The number of carbonyl (C=O) groups excluding carboxylic acids is 3. The van der Waals surface area contributed by atoms with Gasteiger partial charge in [-0.3, -0.25) is 9.59 Å². The molecule has 0 unspecified atom stereocenters. The standard InChI is InChI=1S/C36H34O7S/c1-4-41-34(37)8-6-5-7-21-42-31-16-11-26(12-17-31)28-9-10-30-23-33(20-15-29(30)22-28)44-36(39)27-13-18-32(19-14-27)43-35(38)25(2)24-40-3/h4,9-20,22-23H,1-2,5-8,21,24H2,3H3. The number of esters is 2. The van der Waals surface area contributed by atoms with Gasteiger partial charge in [0.25, 0.3) is 0 Å². The number of rotatable bonds is 15. The van der Waals surface area contributed by atoms with Crippen molar-refractivity contribution < 1.29 is 33.3 Å². The van der Waals surface area contributed by atoms with Crippen LogP contribution in [0, 0.1) is 0 Å². The van der Waals surface area contributed by atoms with Crippen LogP contribution in [0.3, 0.4) is 0 Å². The van der Waals surface area contributed by atoms with Crippen LogP contribution in [0.2, 0.25) is 0 Å². The second-order valence-electron chi connectivity index (χ2n) is 9.90. The van der Waals surface area contributed by atoms with Crippen LogP contribution < -0.4 is 9.47 Å². The Morgan fingerprint density at radius 1 is 0.795 bits per heavy atom. The molecule has 44 heavy (non-hydrogen) atoms. The third-order valence-electron chi connectivity index (χ3n) is 6.63. The molecule has 0 amide bonds. The molecule has 4 aromatic rings. The molecule has 0 heterocycles. The normalized spacial score (nSPS) is 10.7. The fourth-order valence-corrected chi connectivity index (χ4v) is 5.13. The first-order chi connectivity index (χ1) is 21.4. The van der Waals surface area contributed by atoms with Crippen LogP contribution in [0.1, 0.15) is 36.0 Å². The van der Waals surface area contributed by atoms with Gasteiger partial charge in [0.15, 0.2) is 0 Å². The van der Waals surface area contributed by atoms with E-state index in [0.717, 1.165) is 69.8 Å². The first-order valence-electron chi connectivity index (χ1n) is 14.1. The van der Waals surface area contributed by atoms with Crippen LogP contribution in [-0.4, -0.2) is 37.4 Å². The average molecular weight is 611 g/mol. The van der Waals surface area contributed by atoms with E-state index in [9.17, 15) is 14.4 Å². The molecular formula is C36H34O7S. The average Bonchev–Trinajstić information content (AvgIpc) is 3.03. The molecule has 0 aliphatic heterocycles. The maximum absolute atomic E-state index is 12.9. The van der Waals surface area contributed by atoms with Crippen molar-refractivity contribution in [3.8, 4) is 22.6 Å². The van der Waals surface area contributed by atoms with Gasteiger partial charge in [-0.15, -0.1) is 0 Å². The lowest BCUT2D eigenvalue weighted by molar-refractivity contribution is -0.138. The first-order valence-corrected chi connectivity index (χ1v) is 15.0. The summed E-state index contributed by atoms with van der Waals surface area (Å²) in [6.45, 7) is 7.68. The number of fused-ring (bicyclic) bond motifs is 1. The van der Waals surface area contributed by atoms with E-state index in [4.69, 9.17) is 18.9 Å². The van der Waals surface area contributed by atoms with E-state index in [1.165, 1.54) is 7.11 Å². The van der Waals surface area contributed by atoms with E-state index in [2.05, 4.69) is 31.4 Å². The summed E-state index contributed by atoms with van der Waals surface area (Å²) < 4.78 is 20.7. The molecule has 8 heteroatoms. The number of unbranched alkanes of at least 4 members (excludes halogenated alkanes) is 2. The molecule has 0 aliphatic rings. The summed E-state index contributed by atoms with van der Waals surface area (Å²) in [5.74, 6) is 0.298. The molecule has 0 N–H and O–H groups in total. The third-order valence-corrected chi connectivity index (χ3v) is 7.54. The number of benzene rings is 4. The summed E-state index contributed by atoms with van der Waals surface area (Å²) in [6.07, 6.45) is 4.04. The Hall–Kier alpha value is -4.66. The smallest absolute Gasteiger partial charge is 0.341 e. The highest BCUT2D eigenvalue weighted by Gasteiger charge is 2.13. The van der Waals surface area contributed by atoms with Crippen LogP contribution in [0.4, 0.5) is 0 Å². The number of ether oxygens (including phenoxy) is 4. The number of carbonyl (C=O) groups is 3. The van der Waals surface area contributed by atoms with Gasteiger partial charge in [-0.05, 0) is 108 Å². The van der Waals surface area contributed by atoms with Gasteiger partial charge in [-0.25, -0.2) is 4.79 Å².